The Bertz CT molecular complexity index is 416. The van der Waals surface area contributed by atoms with Gasteiger partial charge in [-0.05, 0) is 12.3 Å². The lowest BCUT2D eigenvalue weighted by Gasteiger charge is -2.23. The summed E-state index contributed by atoms with van der Waals surface area (Å²) in [5.41, 5.74) is -0.0746. The maximum atomic E-state index is 11.2. The highest BCUT2D eigenvalue weighted by atomic mass is 16.1. The first kappa shape index (κ1) is 8.91. The van der Waals surface area contributed by atoms with Crippen LogP contribution in [0.1, 0.15) is 6.42 Å². The van der Waals surface area contributed by atoms with Gasteiger partial charge < -0.3 is 15.2 Å². The van der Waals surface area contributed by atoms with Gasteiger partial charge >= 0.3 is 0 Å². The minimum atomic E-state index is -0.0746. The van der Waals surface area contributed by atoms with Gasteiger partial charge in [-0.1, -0.05) is 0 Å². The maximum absolute atomic E-state index is 11.2. The fourth-order valence-electron chi connectivity index (χ4n) is 2.65. The van der Waals surface area contributed by atoms with Crippen molar-refractivity contribution in [3.63, 3.8) is 0 Å². The van der Waals surface area contributed by atoms with E-state index < -0.39 is 0 Å². The summed E-state index contributed by atoms with van der Waals surface area (Å²) in [5.74, 6) is 1.54. The average Bonchev–Trinajstić information content (AvgIpc) is 2.77. The van der Waals surface area contributed by atoms with Crippen LogP contribution in [-0.2, 0) is 0 Å². The number of H-pyrrole nitrogens is 1. The van der Waals surface area contributed by atoms with Gasteiger partial charge in [0, 0.05) is 31.7 Å². The number of hydrogen-bond acceptors (Lipinski definition) is 4. The van der Waals surface area contributed by atoms with Crippen molar-refractivity contribution in [2.45, 2.75) is 12.5 Å². The normalized spacial score (nSPS) is 29.5. The fourth-order valence-corrected chi connectivity index (χ4v) is 2.65. The Morgan fingerprint density at radius 2 is 2.40 bits per heavy atom. The topological polar surface area (TPSA) is 61.0 Å². The van der Waals surface area contributed by atoms with Gasteiger partial charge in [-0.25, -0.2) is 4.98 Å². The minimum absolute atomic E-state index is 0.0746. The van der Waals surface area contributed by atoms with Crippen molar-refractivity contribution in [3.8, 4) is 0 Å². The van der Waals surface area contributed by atoms with Gasteiger partial charge in [0.2, 0.25) is 0 Å². The summed E-state index contributed by atoms with van der Waals surface area (Å²) in [5, 5.41) is 3.38. The second-order valence-electron chi connectivity index (χ2n) is 4.24. The minimum Gasteiger partial charge on any atom is -0.352 e. The molecule has 3 rings (SSSR count). The molecule has 80 valence electrons. The third kappa shape index (κ3) is 1.43. The molecule has 2 saturated heterocycles. The quantitative estimate of drug-likeness (QED) is 0.654. The summed E-state index contributed by atoms with van der Waals surface area (Å²) in [4.78, 5) is 20.2. The monoisotopic (exact) mass is 206 g/mol. The van der Waals surface area contributed by atoms with E-state index >= 15 is 0 Å². The molecule has 0 aliphatic carbocycles. The Labute approximate surface area is 87.5 Å². The molecule has 0 amide bonds. The van der Waals surface area contributed by atoms with Crippen LogP contribution in [0.25, 0.3) is 0 Å². The summed E-state index contributed by atoms with van der Waals surface area (Å²) in [6, 6.07) is 2.11. The van der Waals surface area contributed by atoms with Gasteiger partial charge in [0.25, 0.3) is 5.56 Å². The van der Waals surface area contributed by atoms with E-state index in [0.717, 1.165) is 31.4 Å². The van der Waals surface area contributed by atoms with E-state index in [9.17, 15) is 4.79 Å². The van der Waals surface area contributed by atoms with Crippen LogP contribution in [0.2, 0.25) is 0 Å². The first-order chi connectivity index (χ1) is 7.34. The highest BCUT2D eigenvalue weighted by Crippen LogP contribution is 2.29. The largest absolute Gasteiger partial charge is 0.352 e. The van der Waals surface area contributed by atoms with Crippen molar-refractivity contribution >= 4 is 5.82 Å². The van der Waals surface area contributed by atoms with Gasteiger partial charge in [-0.3, -0.25) is 4.79 Å². The number of anilines is 1. The van der Waals surface area contributed by atoms with E-state index in [1.807, 2.05) is 0 Å². The Morgan fingerprint density at radius 1 is 1.47 bits per heavy atom. The highest BCUT2D eigenvalue weighted by molar-refractivity contribution is 5.40. The summed E-state index contributed by atoms with van der Waals surface area (Å²) in [6.07, 6.45) is 2.68. The van der Waals surface area contributed by atoms with Gasteiger partial charge in [0.1, 0.15) is 5.82 Å². The number of fused-ring (bicyclic) bond motifs is 1. The van der Waals surface area contributed by atoms with Crippen LogP contribution in [0.5, 0.6) is 0 Å². The van der Waals surface area contributed by atoms with E-state index in [1.54, 1.807) is 6.07 Å². The molecule has 5 heteroatoms. The Morgan fingerprint density at radius 3 is 3.27 bits per heavy atom. The van der Waals surface area contributed by atoms with Crippen LogP contribution in [0, 0.1) is 5.92 Å². The zero-order chi connectivity index (χ0) is 10.3. The van der Waals surface area contributed by atoms with Crippen molar-refractivity contribution in [1.29, 1.82) is 0 Å². The highest BCUT2D eigenvalue weighted by Gasteiger charge is 2.37. The predicted octanol–water partition coefficient (Wildman–Crippen LogP) is -0.432. The molecule has 2 fully saturated rings. The van der Waals surface area contributed by atoms with Crippen LogP contribution in [0.15, 0.2) is 17.2 Å². The van der Waals surface area contributed by atoms with Crippen molar-refractivity contribution in [2.75, 3.05) is 24.5 Å². The van der Waals surface area contributed by atoms with E-state index in [4.69, 9.17) is 0 Å². The Kier molecular flexibility index (Phi) is 1.98. The molecular weight excluding hydrogens is 192 g/mol. The van der Waals surface area contributed by atoms with Crippen LogP contribution in [-0.4, -0.2) is 35.6 Å². The van der Waals surface area contributed by atoms with E-state index in [2.05, 4.69) is 20.2 Å². The lowest BCUT2D eigenvalue weighted by atomic mass is 10.1. The predicted molar refractivity (Wildman–Crippen MR) is 57.0 cm³/mol. The zero-order valence-corrected chi connectivity index (χ0v) is 8.44. The van der Waals surface area contributed by atoms with E-state index in [0.29, 0.717) is 6.04 Å². The van der Waals surface area contributed by atoms with Gasteiger partial charge in [0.15, 0.2) is 0 Å². The molecule has 1 aromatic heterocycles. The van der Waals surface area contributed by atoms with Crippen LogP contribution < -0.4 is 15.8 Å². The average molecular weight is 206 g/mol. The summed E-state index contributed by atoms with van der Waals surface area (Å²) in [6.45, 7) is 3.14. The molecule has 0 radical (unpaired) electrons. The standard InChI is InChI=1S/C10H14N4O/c15-10-3-9(12-6-13-10)14-2-1-7-4-11-5-8(7)14/h3,6-8,11H,1-2,4-5H2,(H,12,13,15)/t7-,8+/m0/s1. The molecule has 3 heterocycles. The molecule has 0 unspecified atom stereocenters. The first-order valence-electron chi connectivity index (χ1n) is 5.37. The number of nitrogens with zero attached hydrogens (tertiary/aromatic N) is 2. The van der Waals surface area contributed by atoms with E-state index in [1.165, 1.54) is 12.7 Å². The molecule has 15 heavy (non-hydrogen) atoms. The fraction of sp³-hybridized carbons (Fsp3) is 0.600. The molecule has 2 atom stereocenters. The lowest BCUT2D eigenvalue weighted by molar-refractivity contribution is 0.577. The van der Waals surface area contributed by atoms with Gasteiger partial charge in [0.05, 0.1) is 6.33 Å². The Balaban J connectivity index is 1.91. The number of aromatic nitrogens is 2. The molecule has 2 aliphatic heterocycles. The van der Waals surface area contributed by atoms with E-state index in [-0.39, 0.29) is 5.56 Å². The molecule has 0 spiro atoms. The number of hydrogen-bond donors (Lipinski definition) is 2. The summed E-state index contributed by atoms with van der Waals surface area (Å²) < 4.78 is 0. The maximum Gasteiger partial charge on any atom is 0.252 e. The molecule has 5 nitrogen and oxygen atoms in total. The van der Waals surface area contributed by atoms with Crippen molar-refractivity contribution in [2.24, 2.45) is 5.92 Å². The van der Waals surface area contributed by atoms with Crippen LogP contribution >= 0.6 is 0 Å². The van der Waals surface area contributed by atoms with Crippen molar-refractivity contribution in [1.82, 2.24) is 15.3 Å². The van der Waals surface area contributed by atoms with Gasteiger partial charge in [-0.2, -0.15) is 0 Å². The molecule has 2 N–H and O–H groups in total. The van der Waals surface area contributed by atoms with Crippen molar-refractivity contribution < 1.29 is 0 Å². The molecule has 0 aromatic carbocycles. The van der Waals surface area contributed by atoms with Crippen LogP contribution in [0.4, 0.5) is 5.82 Å². The van der Waals surface area contributed by atoms with Gasteiger partial charge in [-0.15, -0.1) is 0 Å². The SMILES string of the molecule is O=c1cc(N2CC[C@H]3CNC[C@H]32)nc[nH]1. The molecule has 0 saturated carbocycles. The second kappa shape index (κ2) is 3.34. The number of rotatable bonds is 1. The summed E-state index contributed by atoms with van der Waals surface area (Å²) in [7, 11) is 0. The smallest absolute Gasteiger partial charge is 0.252 e. The lowest BCUT2D eigenvalue weighted by Crippen LogP contribution is -2.35. The molecule has 1 aromatic rings. The molecule has 2 aliphatic rings. The number of aromatic amines is 1. The second-order valence-corrected chi connectivity index (χ2v) is 4.24. The molecular formula is C10H14N4O. The summed E-state index contributed by atoms with van der Waals surface area (Å²) >= 11 is 0. The zero-order valence-electron chi connectivity index (χ0n) is 8.44. The number of nitrogens with one attached hydrogen (secondary N) is 2. The third-order valence-corrected chi connectivity index (χ3v) is 3.40. The third-order valence-electron chi connectivity index (χ3n) is 3.40. The first-order valence-corrected chi connectivity index (χ1v) is 5.37. The van der Waals surface area contributed by atoms with Crippen LogP contribution in [0.3, 0.4) is 0 Å². The molecule has 0 bridgehead atoms. The Hall–Kier alpha value is -1.36. The van der Waals surface area contributed by atoms with Crippen molar-refractivity contribution in [3.05, 3.63) is 22.7 Å².